The molecule has 3 rings (SSSR count). The van der Waals surface area contributed by atoms with Crippen molar-refractivity contribution in [1.29, 1.82) is 0 Å². The summed E-state index contributed by atoms with van der Waals surface area (Å²) in [4.78, 5) is 28.4. The summed E-state index contributed by atoms with van der Waals surface area (Å²) in [7, 11) is 0. The van der Waals surface area contributed by atoms with E-state index < -0.39 is 6.04 Å². The third-order valence-corrected chi connectivity index (χ3v) is 6.66. The van der Waals surface area contributed by atoms with Crippen molar-refractivity contribution in [2.45, 2.75) is 32.4 Å². The summed E-state index contributed by atoms with van der Waals surface area (Å²) in [5.74, 6) is -0.553. The second-order valence-electron chi connectivity index (χ2n) is 7.73. The maximum absolute atomic E-state index is 13.7. The van der Waals surface area contributed by atoms with Crippen LogP contribution in [-0.2, 0) is 29.0 Å². The number of halogens is 4. The zero-order valence-corrected chi connectivity index (χ0v) is 21.6. The molecule has 0 bridgehead atoms. The number of hydrogen-bond acceptors (Lipinski definition) is 2. The summed E-state index contributed by atoms with van der Waals surface area (Å²) in [6.45, 7) is 2.39. The Morgan fingerprint density at radius 3 is 2.18 bits per heavy atom. The Labute approximate surface area is 219 Å². The summed E-state index contributed by atoms with van der Waals surface area (Å²) in [6, 6.07) is 18.9. The van der Waals surface area contributed by atoms with Crippen LogP contribution in [0.1, 0.15) is 23.6 Å². The molecule has 34 heavy (non-hydrogen) atoms. The fourth-order valence-electron chi connectivity index (χ4n) is 3.63. The number of rotatable bonds is 9. The molecule has 3 aromatic rings. The van der Waals surface area contributed by atoms with Gasteiger partial charge in [0.15, 0.2) is 0 Å². The van der Waals surface area contributed by atoms with E-state index in [1.807, 2.05) is 37.3 Å². The van der Waals surface area contributed by atoms with Crippen LogP contribution >= 0.6 is 46.4 Å². The fourth-order valence-corrected chi connectivity index (χ4v) is 4.63. The van der Waals surface area contributed by atoms with Crippen molar-refractivity contribution in [3.63, 3.8) is 0 Å². The highest BCUT2D eigenvalue weighted by atomic mass is 35.5. The number of hydrogen-bond donors (Lipinski definition) is 1. The first kappa shape index (κ1) is 26.4. The van der Waals surface area contributed by atoms with E-state index in [0.29, 0.717) is 44.2 Å². The Kier molecular flexibility index (Phi) is 9.66. The molecule has 0 saturated heterocycles. The van der Waals surface area contributed by atoms with Crippen LogP contribution in [0.4, 0.5) is 0 Å². The number of carbonyl (C=O) groups is 2. The van der Waals surface area contributed by atoms with Crippen LogP contribution in [0.25, 0.3) is 0 Å². The average Bonchev–Trinajstić information content (AvgIpc) is 2.80. The summed E-state index contributed by atoms with van der Waals surface area (Å²) in [6.07, 6.45) is 0.272. The highest BCUT2D eigenvalue weighted by Crippen LogP contribution is 2.28. The van der Waals surface area contributed by atoms with Crippen LogP contribution in [-0.4, -0.2) is 29.3 Å². The van der Waals surface area contributed by atoms with Crippen molar-refractivity contribution in [1.82, 2.24) is 10.2 Å². The molecule has 178 valence electrons. The molecule has 0 unspecified atom stereocenters. The maximum Gasteiger partial charge on any atom is 0.243 e. The van der Waals surface area contributed by atoms with Gasteiger partial charge in [-0.2, -0.15) is 0 Å². The minimum atomic E-state index is -0.775. The van der Waals surface area contributed by atoms with Crippen molar-refractivity contribution < 1.29 is 9.59 Å². The second kappa shape index (κ2) is 12.5. The Morgan fingerprint density at radius 2 is 1.56 bits per heavy atom. The van der Waals surface area contributed by atoms with E-state index >= 15 is 0 Å². The minimum absolute atomic E-state index is 0.0611. The normalized spacial score (nSPS) is 11.7. The van der Waals surface area contributed by atoms with Gasteiger partial charge in [0, 0.05) is 39.6 Å². The van der Waals surface area contributed by atoms with Crippen LogP contribution in [0.3, 0.4) is 0 Å². The third-order valence-electron chi connectivity index (χ3n) is 5.37. The van der Waals surface area contributed by atoms with Crippen LogP contribution in [0.2, 0.25) is 20.1 Å². The molecule has 0 fully saturated rings. The molecule has 0 spiro atoms. The molecule has 2 amide bonds. The van der Waals surface area contributed by atoms with Gasteiger partial charge >= 0.3 is 0 Å². The first-order chi connectivity index (χ1) is 16.3. The molecular formula is C26H24Cl4N2O2. The van der Waals surface area contributed by atoms with Crippen molar-refractivity contribution in [3.8, 4) is 0 Å². The Balaban J connectivity index is 2.02. The van der Waals surface area contributed by atoms with E-state index in [4.69, 9.17) is 46.4 Å². The van der Waals surface area contributed by atoms with Gasteiger partial charge in [0.25, 0.3) is 0 Å². The zero-order valence-electron chi connectivity index (χ0n) is 18.5. The van der Waals surface area contributed by atoms with Gasteiger partial charge < -0.3 is 10.2 Å². The van der Waals surface area contributed by atoms with E-state index in [1.54, 1.807) is 36.4 Å². The lowest BCUT2D eigenvalue weighted by Gasteiger charge is -2.32. The third kappa shape index (κ3) is 6.89. The van der Waals surface area contributed by atoms with Gasteiger partial charge in [-0.15, -0.1) is 0 Å². The summed E-state index contributed by atoms with van der Waals surface area (Å²) < 4.78 is 0. The minimum Gasteiger partial charge on any atom is -0.355 e. The Hall–Kier alpha value is -2.24. The first-order valence-electron chi connectivity index (χ1n) is 10.8. The van der Waals surface area contributed by atoms with Crippen molar-refractivity contribution in [2.75, 3.05) is 6.54 Å². The highest BCUT2D eigenvalue weighted by molar-refractivity contribution is 6.36. The lowest BCUT2D eigenvalue weighted by atomic mass is 10.0. The largest absolute Gasteiger partial charge is 0.355 e. The van der Waals surface area contributed by atoms with Gasteiger partial charge in [-0.1, -0.05) is 88.9 Å². The summed E-state index contributed by atoms with van der Waals surface area (Å²) in [5.41, 5.74) is 2.11. The molecule has 0 aliphatic heterocycles. The zero-order chi connectivity index (χ0) is 24.7. The lowest BCUT2D eigenvalue weighted by molar-refractivity contribution is -0.140. The smallest absolute Gasteiger partial charge is 0.243 e. The van der Waals surface area contributed by atoms with Gasteiger partial charge in [-0.25, -0.2) is 0 Å². The van der Waals surface area contributed by atoms with Crippen molar-refractivity contribution in [2.24, 2.45) is 0 Å². The highest BCUT2D eigenvalue weighted by Gasteiger charge is 2.31. The maximum atomic E-state index is 13.7. The molecule has 8 heteroatoms. The van der Waals surface area contributed by atoms with E-state index in [1.165, 1.54) is 4.90 Å². The molecule has 0 heterocycles. The van der Waals surface area contributed by atoms with E-state index in [9.17, 15) is 9.59 Å². The van der Waals surface area contributed by atoms with Crippen molar-refractivity contribution >= 4 is 58.2 Å². The molecule has 0 radical (unpaired) electrons. The molecule has 0 aliphatic rings. The molecular weight excluding hydrogens is 514 g/mol. The number of likely N-dealkylation sites (N-methyl/N-ethyl adjacent to an activating group) is 1. The lowest BCUT2D eigenvalue weighted by Crippen LogP contribution is -2.51. The molecule has 1 atom stereocenters. The standard InChI is InChI=1S/C26H24Cl4N2O2/c1-2-31-26(34)24(13-17-7-4-3-5-8-17)32(16-18-11-12-19(27)14-23(18)30)25(33)15-20-21(28)9-6-10-22(20)29/h3-12,14,24H,2,13,15-16H2,1H3,(H,31,34)/t24-/m1/s1. The second-order valence-corrected chi connectivity index (χ2v) is 9.39. The molecule has 0 aromatic heterocycles. The van der Waals surface area contributed by atoms with Gasteiger partial charge in [0.2, 0.25) is 11.8 Å². The average molecular weight is 538 g/mol. The van der Waals surface area contributed by atoms with Gasteiger partial charge in [-0.3, -0.25) is 9.59 Å². The van der Waals surface area contributed by atoms with Crippen LogP contribution in [0.5, 0.6) is 0 Å². The topological polar surface area (TPSA) is 49.4 Å². The molecule has 0 saturated carbocycles. The SMILES string of the molecule is CCNC(=O)[C@@H](Cc1ccccc1)N(Cc1ccc(Cl)cc1Cl)C(=O)Cc1c(Cl)cccc1Cl. The summed E-state index contributed by atoms with van der Waals surface area (Å²) in [5, 5.41) is 4.54. The van der Waals surface area contributed by atoms with Gasteiger partial charge in [0.05, 0.1) is 6.42 Å². The Morgan fingerprint density at radius 1 is 0.882 bits per heavy atom. The van der Waals surface area contributed by atoms with E-state index in [0.717, 1.165) is 5.56 Å². The molecule has 3 aromatic carbocycles. The molecule has 1 N–H and O–H groups in total. The van der Waals surface area contributed by atoms with Gasteiger partial charge in [0.1, 0.15) is 6.04 Å². The van der Waals surface area contributed by atoms with Crippen LogP contribution in [0.15, 0.2) is 66.7 Å². The molecule has 4 nitrogen and oxygen atoms in total. The van der Waals surface area contributed by atoms with Crippen LogP contribution < -0.4 is 5.32 Å². The number of carbonyl (C=O) groups excluding carboxylic acids is 2. The number of nitrogens with one attached hydrogen (secondary N) is 1. The quantitative estimate of drug-likeness (QED) is 0.333. The Bertz CT molecular complexity index is 1130. The van der Waals surface area contributed by atoms with E-state index in [-0.39, 0.29) is 24.8 Å². The number of benzene rings is 3. The number of amides is 2. The van der Waals surface area contributed by atoms with Crippen molar-refractivity contribution in [3.05, 3.63) is 104 Å². The predicted molar refractivity (Wildman–Crippen MR) is 140 cm³/mol. The monoisotopic (exact) mass is 536 g/mol. The van der Waals surface area contributed by atoms with E-state index in [2.05, 4.69) is 5.32 Å². The van der Waals surface area contributed by atoms with Crippen LogP contribution in [0, 0.1) is 0 Å². The molecule has 0 aliphatic carbocycles. The fraction of sp³-hybridized carbons (Fsp3) is 0.231. The predicted octanol–water partition coefficient (Wildman–Crippen LogP) is 6.62. The summed E-state index contributed by atoms with van der Waals surface area (Å²) >= 11 is 25.2. The first-order valence-corrected chi connectivity index (χ1v) is 12.3. The van der Waals surface area contributed by atoms with Gasteiger partial charge in [-0.05, 0) is 47.9 Å². The number of nitrogens with zero attached hydrogens (tertiary/aromatic N) is 1.